The largest absolute Gasteiger partial charge is 0.462 e. The molecule has 1 N–H and O–H groups in total. The van der Waals surface area contributed by atoms with E-state index >= 15 is 0 Å². The third kappa shape index (κ3) is 8.04. The Morgan fingerprint density at radius 1 is 0.944 bits per heavy atom. The molecule has 4 heterocycles. The Morgan fingerprint density at radius 2 is 1.50 bits per heavy atom. The summed E-state index contributed by atoms with van der Waals surface area (Å²) in [6.45, 7) is 13.0. The van der Waals surface area contributed by atoms with Crippen LogP contribution in [0.3, 0.4) is 0 Å². The maximum absolute atomic E-state index is 12.1. The number of thiophene rings is 2. The second-order valence-electron chi connectivity index (χ2n) is 9.14. The van der Waals surface area contributed by atoms with Crippen LogP contribution in [-0.2, 0) is 40.1 Å². The average molecular weight is 539 g/mol. The third-order valence-corrected chi connectivity index (χ3v) is 7.65. The first-order valence-electron chi connectivity index (χ1n) is 11.9. The summed E-state index contributed by atoms with van der Waals surface area (Å²) in [6.07, 6.45) is 1.47. The molecular formula is C26H38N2O6S2. The first-order valence-corrected chi connectivity index (χ1v) is 13.5. The predicted octanol–water partition coefficient (Wildman–Crippen LogP) is 5.42. The fourth-order valence-corrected chi connectivity index (χ4v) is 5.81. The van der Waals surface area contributed by atoms with Gasteiger partial charge in [0.25, 0.3) is 0 Å². The van der Waals surface area contributed by atoms with Crippen molar-refractivity contribution in [1.29, 1.82) is 0 Å². The third-order valence-electron chi connectivity index (χ3n) is 5.21. The number of rotatable bonds is 4. The van der Waals surface area contributed by atoms with Crippen molar-refractivity contribution < 1.29 is 28.6 Å². The standard InChI is InChI=1S/C15H21NO4S.C10H13NO2S.CH4/c1-5-19-13(17)12-8-10-9-16(7-6-11(10)21-12)14(18)20-15(2,3)4;1-2-13-10(12)9-5-7-6-11-4-3-8(7)14-9;/h8H,5-7,9H2,1-4H3;5,11H,2-4,6H2,1H3;1H4. The summed E-state index contributed by atoms with van der Waals surface area (Å²) >= 11 is 3.03. The lowest BCUT2D eigenvalue weighted by Crippen LogP contribution is -2.39. The van der Waals surface area contributed by atoms with Crippen molar-refractivity contribution in [3.63, 3.8) is 0 Å². The molecule has 200 valence electrons. The van der Waals surface area contributed by atoms with Crippen molar-refractivity contribution >= 4 is 40.7 Å². The molecule has 8 nitrogen and oxygen atoms in total. The minimum absolute atomic E-state index is 0. The van der Waals surface area contributed by atoms with Gasteiger partial charge < -0.3 is 24.4 Å². The molecule has 2 aromatic heterocycles. The molecule has 2 aliphatic rings. The number of carbonyl (C=O) groups excluding carboxylic acids is 3. The van der Waals surface area contributed by atoms with E-state index in [1.165, 1.54) is 21.8 Å². The van der Waals surface area contributed by atoms with Crippen LogP contribution in [0.1, 0.15) is 82.3 Å². The molecule has 36 heavy (non-hydrogen) atoms. The Bertz CT molecular complexity index is 1030. The smallest absolute Gasteiger partial charge is 0.410 e. The molecule has 4 rings (SSSR count). The molecule has 0 radical (unpaired) electrons. The highest BCUT2D eigenvalue weighted by atomic mass is 32.1. The molecule has 0 atom stereocenters. The van der Waals surface area contributed by atoms with Gasteiger partial charge in [0.15, 0.2) is 0 Å². The molecule has 2 aromatic rings. The van der Waals surface area contributed by atoms with Gasteiger partial charge in [-0.15, -0.1) is 22.7 Å². The van der Waals surface area contributed by atoms with Crippen LogP contribution in [0.15, 0.2) is 12.1 Å². The lowest BCUT2D eigenvalue weighted by Gasteiger charge is -2.29. The number of carbonyl (C=O) groups is 3. The molecule has 0 unspecified atom stereocenters. The van der Waals surface area contributed by atoms with E-state index in [1.54, 1.807) is 23.2 Å². The Balaban J connectivity index is 0.000000265. The van der Waals surface area contributed by atoms with Gasteiger partial charge in [0.2, 0.25) is 0 Å². The Morgan fingerprint density at radius 3 is 2.03 bits per heavy atom. The average Bonchev–Trinajstić information content (AvgIpc) is 3.42. The van der Waals surface area contributed by atoms with Crippen molar-refractivity contribution in [2.75, 3.05) is 26.3 Å². The van der Waals surface area contributed by atoms with E-state index < -0.39 is 5.60 Å². The SMILES string of the molecule is C.CCOC(=O)c1cc2c(s1)CCN(C(=O)OC(C)(C)C)C2.CCOC(=O)c1cc2c(s1)CCNC2. The summed E-state index contributed by atoms with van der Waals surface area (Å²) in [6, 6.07) is 3.78. The highest BCUT2D eigenvalue weighted by Crippen LogP contribution is 2.29. The maximum atomic E-state index is 12.1. The topological polar surface area (TPSA) is 94.2 Å². The second-order valence-corrected chi connectivity index (χ2v) is 11.4. The fraction of sp³-hybridized carbons (Fsp3) is 0.577. The van der Waals surface area contributed by atoms with Crippen LogP contribution < -0.4 is 5.32 Å². The van der Waals surface area contributed by atoms with E-state index in [4.69, 9.17) is 14.2 Å². The summed E-state index contributed by atoms with van der Waals surface area (Å²) in [4.78, 5) is 40.8. The van der Waals surface area contributed by atoms with E-state index in [2.05, 4.69) is 5.32 Å². The molecule has 0 saturated carbocycles. The van der Waals surface area contributed by atoms with Crippen molar-refractivity contribution in [2.45, 2.75) is 73.6 Å². The molecule has 2 aliphatic heterocycles. The van der Waals surface area contributed by atoms with Crippen LogP contribution >= 0.6 is 22.7 Å². The zero-order chi connectivity index (χ0) is 25.6. The predicted molar refractivity (Wildman–Crippen MR) is 143 cm³/mol. The molecular weight excluding hydrogens is 500 g/mol. The Labute approximate surface area is 221 Å². The van der Waals surface area contributed by atoms with Crippen LogP contribution in [0, 0.1) is 0 Å². The summed E-state index contributed by atoms with van der Waals surface area (Å²) in [5.74, 6) is -0.479. The van der Waals surface area contributed by atoms with Crippen LogP contribution in [0.4, 0.5) is 4.79 Å². The molecule has 0 spiro atoms. The summed E-state index contributed by atoms with van der Waals surface area (Å²) in [7, 11) is 0. The monoisotopic (exact) mass is 538 g/mol. The van der Waals surface area contributed by atoms with Gasteiger partial charge in [-0.3, -0.25) is 0 Å². The highest BCUT2D eigenvalue weighted by molar-refractivity contribution is 7.14. The molecule has 0 aliphatic carbocycles. The minimum atomic E-state index is -0.498. The van der Waals surface area contributed by atoms with E-state index in [-0.39, 0.29) is 25.5 Å². The first kappa shape index (κ1) is 29.8. The maximum Gasteiger partial charge on any atom is 0.410 e. The van der Waals surface area contributed by atoms with E-state index in [0.29, 0.717) is 31.2 Å². The Kier molecular flexibility index (Phi) is 10.9. The van der Waals surface area contributed by atoms with Gasteiger partial charge in [-0.2, -0.15) is 0 Å². The highest BCUT2D eigenvalue weighted by Gasteiger charge is 2.28. The van der Waals surface area contributed by atoms with Gasteiger partial charge in [-0.05, 0) is 70.7 Å². The van der Waals surface area contributed by atoms with Crippen LogP contribution in [-0.4, -0.2) is 54.8 Å². The fourth-order valence-electron chi connectivity index (χ4n) is 3.67. The lowest BCUT2D eigenvalue weighted by molar-refractivity contribution is 0.0225. The van der Waals surface area contributed by atoms with Gasteiger partial charge in [0.05, 0.1) is 19.8 Å². The number of nitrogens with one attached hydrogen (secondary N) is 1. The van der Waals surface area contributed by atoms with Crippen molar-refractivity contribution in [3.8, 4) is 0 Å². The number of ether oxygens (including phenoxy) is 3. The molecule has 0 fully saturated rings. The van der Waals surface area contributed by atoms with Crippen molar-refractivity contribution in [2.24, 2.45) is 0 Å². The normalized spacial score (nSPS) is 14.3. The zero-order valence-corrected chi connectivity index (χ0v) is 22.7. The molecule has 0 bridgehead atoms. The number of hydrogen-bond donors (Lipinski definition) is 1. The van der Waals surface area contributed by atoms with E-state index in [0.717, 1.165) is 41.2 Å². The molecule has 1 amide bonds. The van der Waals surface area contributed by atoms with Crippen LogP contribution in [0.2, 0.25) is 0 Å². The number of nitrogens with zero attached hydrogens (tertiary/aromatic N) is 1. The van der Waals surface area contributed by atoms with Gasteiger partial charge in [0, 0.05) is 29.4 Å². The number of fused-ring (bicyclic) bond motifs is 2. The van der Waals surface area contributed by atoms with Crippen molar-refractivity contribution in [3.05, 3.63) is 42.8 Å². The molecule has 0 aromatic carbocycles. The van der Waals surface area contributed by atoms with Gasteiger partial charge in [-0.25, -0.2) is 14.4 Å². The number of hydrogen-bond acceptors (Lipinski definition) is 9. The first-order chi connectivity index (χ1) is 16.6. The minimum Gasteiger partial charge on any atom is -0.462 e. The number of esters is 2. The van der Waals surface area contributed by atoms with E-state index in [1.807, 2.05) is 39.8 Å². The van der Waals surface area contributed by atoms with Crippen molar-refractivity contribution in [1.82, 2.24) is 10.2 Å². The summed E-state index contributed by atoms with van der Waals surface area (Å²) < 4.78 is 15.4. The second kappa shape index (κ2) is 13.2. The number of amides is 1. The van der Waals surface area contributed by atoms with Gasteiger partial charge >= 0.3 is 18.0 Å². The quantitative estimate of drug-likeness (QED) is 0.410. The zero-order valence-electron chi connectivity index (χ0n) is 21.0. The van der Waals surface area contributed by atoms with Gasteiger partial charge in [-0.1, -0.05) is 7.43 Å². The molecule has 0 saturated heterocycles. The summed E-state index contributed by atoms with van der Waals surface area (Å²) in [5.41, 5.74) is 1.77. The summed E-state index contributed by atoms with van der Waals surface area (Å²) in [5, 5.41) is 3.28. The Hall–Kier alpha value is -2.43. The van der Waals surface area contributed by atoms with Gasteiger partial charge in [0.1, 0.15) is 15.4 Å². The molecule has 10 heteroatoms. The lowest BCUT2D eigenvalue weighted by atomic mass is 10.1. The van der Waals surface area contributed by atoms with Crippen LogP contribution in [0.5, 0.6) is 0 Å². The van der Waals surface area contributed by atoms with Crippen LogP contribution in [0.25, 0.3) is 0 Å². The van der Waals surface area contributed by atoms with E-state index in [9.17, 15) is 14.4 Å².